The van der Waals surface area contributed by atoms with E-state index >= 15 is 0 Å². The van der Waals surface area contributed by atoms with Crippen LogP contribution in [0.3, 0.4) is 0 Å². The van der Waals surface area contributed by atoms with Gasteiger partial charge in [-0.3, -0.25) is 12.9 Å². The average molecular weight is 265 g/mol. The Morgan fingerprint density at radius 1 is 1.50 bits per heavy atom. The molecule has 72 valence electrons. The largest absolute Gasteiger partial charge is 0.507 e. The van der Waals surface area contributed by atoms with Crippen LogP contribution >= 0.6 is 12.9 Å². The van der Waals surface area contributed by atoms with Crippen molar-refractivity contribution < 1.29 is 4.74 Å². The fourth-order valence-electron chi connectivity index (χ4n) is 2.39. The van der Waals surface area contributed by atoms with E-state index in [1.54, 1.807) is 9.26 Å². The highest BCUT2D eigenvalue weighted by atomic mass is 79.9. The van der Waals surface area contributed by atoms with E-state index in [1.807, 2.05) is 7.11 Å². The van der Waals surface area contributed by atoms with E-state index in [2.05, 4.69) is 38.0 Å². The minimum atomic E-state index is -0.226. The van der Waals surface area contributed by atoms with Crippen molar-refractivity contribution in [2.24, 2.45) is 5.92 Å². The molecule has 0 bridgehead atoms. The molecule has 0 saturated heterocycles. The number of fused-ring (bicyclic) bond motifs is 1. The number of ether oxygens (including phenoxy) is 1. The molecular formula is C11H13BrMgO. The number of hydrogen-bond acceptors (Lipinski definition) is 1. The first-order valence-electron chi connectivity index (χ1n) is 4.97. The molecule has 1 aliphatic rings. The van der Waals surface area contributed by atoms with Gasteiger partial charge in [0.25, 0.3) is 0 Å². The minimum Gasteiger partial charge on any atom is -0.376 e. The summed E-state index contributed by atoms with van der Waals surface area (Å²) in [6.07, 6.45) is 1.50. The van der Waals surface area contributed by atoms with Gasteiger partial charge in [-0.05, 0) is 17.9 Å². The SMILES string of the molecule is COC1c2ccc[c]([Mg][Br])c2CC1C. The van der Waals surface area contributed by atoms with Gasteiger partial charge in [-0.1, -0.05) is 30.7 Å². The Labute approximate surface area is 101 Å². The Kier molecular flexibility index (Phi) is 3.52. The molecule has 0 spiro atoms. The third kappa shape index (κ3) is 1.75. The van der Waals surface area contributed by atoms with Crippen molar-refractivity contribution in [3.63, 3.8) is 0 Å². The van der Waals surface area contributed by atoms with Crippen molar-refractivity contribution in [1.82, 2.24) is 0 Å². The molecule has 3 heteroatoms. The highest BCUT2D eigenvalue weighted by Gasteiger charge is 2.30. The summed E-state index contributed by atoms with van der Waals surface area (Å²) >= 11 is 3.44. The molecule has 1 aliphatic carbocycles. The molecule has 14 heavy (non-hydrogen) atoms. The topological polar surface area (TPSA) is 9.23 Å². The lowest BCUT2D eigenvalue weighted by Gasteiger charge is -2.14. The molecule has 0 aromatic heterocycles. The zero-order chi connectivity index (χ0) is 10.1. The Hall–Kier alpha value is 0.426. The molecule has 1 aromatic rings. The van der Waals surface area contributed by atoms with Gasteiger partial charge in [0.05, 0.1) is 6.10 Å². The van der Waals surface area contributed by atoms with Crippen LogP contribution in [-0.4, -0.2) is 25.3 Å². The van der Waals surface area contributed by atoms with Gasteiger partial charge < -0.3 is 4.74 Å². The van der Waals surface area contributed by atoms with Crippen molar-refractivity contribution in [2.45, 2.75) is 19.4 Å². The molecule has 0 N–H and O–H groups in total. The highest BCUT2D eigenvalue weighted by Crippen LogP contribution is 2.36. The first-order valence-corrected chi connectivity index (χ1v) is 9.58. The third-order valence-electron chi connectivity index (χ3n) is 3.06. The lowest BCUT2D eigenvalue weighted by molar-refractivity contribution is 0.0695. The first kappa shape index (κ1) is 10.9. The average Bonchev–Trinajstić information content (AvgIpc) is 2.52. The Morgan fingerprint density at radius 3 is 2.93 bits per heavy atom. The number of benzene rings is 1. The molecule has 0 aliphatic heterocycles. The van der Waals surface area contributed by atoms with Crippen LogP contribution in [0.4, 0.5) is 0 Å². The fourth-order valence-corrected chi connectivity index (χ4v) is 4.70. The zero-order valence-corrected chi connectivity index (χ0v) is 11.6. The number of methoxy groups -OCH3 is 1. The van der Waals surface area contributed by atoms with Crippen molar-refractivity contribution in [3.8, 4) is 0 Å². The van der Waals surface area contributed by atoms with Gasteiger partial charge in [0.1, 0.15) is 0 Å². The Bertz CT molecular complexity index is 340. The predicted octanol–water partition coefficient (Wildman–Crippen LogP) is 2.21. The van der Waals surface area contributed by atoms with Gasteiger partial charge in [-0.25, -0.2) is 0 Å². The summed E-state index contributed by atoms with van der Waals surface area (Å²) < 4.78 is 7.10. The molecule has 2 atom stereocenters. The van der Waals surface area contributed by atoms with E-state index in [0.29, 0.717) is 12.0 Å². The number of hydrogen-bond donors (Lipinski definition) is 0. The second-order valence-electron chi connectivity index (χ2n) is 3.96. The molecule has 1 nitrogen and oxygen atoms in total. The molecule has 0 saturated carbocycles. The molecule has 0 fully saturated rings. The highest BCUT2D eigenvalue weighted by molar-refractivity contribution is 9.23. The van der Waals surface area contributed by atoms with Gasteiger partial charge in [0, 0.05) is 7.11 Å². The van der Waals surface area contributed by atoms with Crippen molar-refractivity contribution in [3.05, 3.63) is 29.3 Å². The van der Waals surface area contributed by atoms with Crippen LogP contribution in [0.1, 0.15) is 24.2 Å². The van der Waals surface area contributed by atoms with Gasteiger partial charge in [0.2, 0.25) is 0 Å². The second kappa shape index (κ2) is 4.52. The smallest absolute Gasteiger partial charge is 0.376 e. The van der Waals surface area contributed by atoms with Crippen molar-refractivity contribution in [1.29, 1.82) is 0 Å². The maximum absolute atomic E-state index is 5.55. The summed E-state index contributed by atoms with van der Waals surface area (Å²) in [6.45, 7) is 2.27. The molecule has 0 radical (unpaired) electrons. The van der Waals surface area contributed by atoms with Gasteiger partial charge in [0.15, 0.2) is 0 Å². The van der Waals surface area contributed by atoms with E-state index in [1.165, 1.54) is 12.0 Å². The van der Waals surface area contributed by atoms with E-state index < -0.39 is 0 Å². The van der Waals surface area contributed by atoms with E-state index in [0.717, 1.165) is 0 Å². The number of rotatable bonds is 2. The fraction of sp³-hybridized carbons (Fsp3) is 0.455. The third-order valence-corrected chi connectivity index (χ3v) is 5.82. The van der Waals surface area contributed by atoms with Gasteiger partial charge >= 0.3 is 18.2 Å². The molecule has 1 aromatic carbocycles. The van der Waals surface area contributed by atoms with Gasteiger partial charge in [-0.2, -0.15) is 0 Å². The van der Waals surface area contributed by atoms with Crippen molar-refractivity contribution >= 4 is 34.8 Å². The summed E-state index contributed by atoms with van der Waals surface area (Å²) in [4.78, 5) is 0. The molecule has 0 amide bonds. The van der Waals surface area contributed by atoms with Crippen LogP contribution in [0.15, 0.2) is 18.2 Å². The van der Waals surface area contributed by atoms with Crippen LogP contribution in [-0.2, 0) is 11.2 Å². The molecule has 2 rings (SSSR count). The van der Waals surface area contributed by atoms with Crippen LogP contribution < -0.4 is 3.69 Å². The maximum Gasteiger partial charge on any atom is 0.507 e. The van der Waals surface area contributed by atoms with Crippen LogP contribution in [0.2, 0.25) is 0 Å². The summed E-state index contributed by atoms with van der Waals surface area (Å²) in [5.74, 6) is 0.629. The molecule has 2 unspecified atom stereocenters. The van der Waals surface area contributed by atoms with Crippen LogP contribution in [0, 0.1) is 5.92 Å². The van der Waals surface area contributed by atoms with E-state index in [-0.39, 0.29) is 18.2 Å². The summed E-state index contributed by atoms with van der Waals surface area (Å²) in [6, 6.07) is 6.63. The second-order valence-corrected chi connectivity index (χ2v) is 6.67. The Morgan fingerprint density at radius 2 is 2.29 bits per heavy atom. The monoisotopic (exact) mass is 264 g/mol. The molecular weight excluding hydrogens is 252 g/mol. The first-order chi connectivity index (χ1) is 6.77. The minimum absolute atomic E-state index is 0.226. The maximum atomic E-state index is 5.55. The quantitative estimate of drug-likeness (QED) is 0.745. The van der Waals surface area contributed by atoms with E-state index in [9.17, 15) is 0 Å². The van der Waals surface area contributed by atoms with Crippen LogP contribution in [0.25, 0.3) is 0 Å². The van der Waals surface area contributed by atoms with Gasteiger partial charge in [-0.15, -0.1) is 3.69 Å². The molecule has 0 heterocycles. The van der Waals surface area contributed by atoms with E-state index in [4.69, 9.17) is 4.74 Å². The summed E-state index contributed by atoms with van der Waals surface area (Å²) in [5, 5.41) is 0. The lowest BCUT2D eigenvalue weighted by atomic mass is 10.1. The summed E-state index contributed by atoms with van der Waals surface area (Å²) in [7, 11) is 1.81. The Balaban J connectivity index is 2.45. The lowest BCUT2D eigenvalue weighted by Crippen LogP contribution is -2.14. The standard InChI is InChI=1S/C11H13O.BrH.Mg/c1-8-7-9-5-3-4-6-10(9)11(8)12-2;;/h3-4,6,8,11H,7H2,1-2H3;1H;/q;;+1/p-1. The normalized spacial score (nSPS) is 24.5. The zero-order valence-electron chi connectivity index (χ0n) is 8.59. The van der Waals surface area contributed by atoms with Crippen LogP contribution in [0.5, 0.6) is 0 Å². The van der Waals surface area contributed by atoms with Crippen molar-refractivity contribution in [2.75, 3.05) is 7.11 Å². The number of halogens is 1. The summed E-state index contributed by atoms with van der Waals surface area (Å²) in [5.41, 5.74) is 2.97. The predicted molar refractivity (Wildman–Crippen MR) is 63.4 cm³/mol.